The number of fused-ring (bicyclic) bond motifs is 1. The molecule has 2 aromatic carbocycles. The van der Waals surface area contributed by atoms with Crippen molar-refractivity contribution in [1.29, 1.82) is 0 Å². The van der Waals surface area contributed by atoms with Crippen LogP contribution in [0.25, 0.3) is 0 Å². The highest BCUT2D eigenvalue weighted by atomic mass is 32.2. The molecule has 7 nitrogen and oxygen atoms in total. The van der Waals surface area contributed by atoms with E-state index in [4.69, 9.17) is 4.74 Å². The number of hydrogen-bond acceptors (Lipinski definition) is 5. The van der Waals surface area contributed by atoms with Crippen LogP contribution in [0, 0.1) is 0 Å². The van der Waals surface area contributed by atoms with Gasteiger partial charge in [0.2, 0.25) is 10.0 Å². The van der Waals surface area contributed by atoms with E-state index in [0.29, 0.717) is 22.8 Å². The molecule has 0 unspecified atom stereocenters. The van der Waals surface area contributed by atoms with Gasteiger partial charge in [-0.25, -0.2) is 8.42 Å². The molecule has 26 heavy (non-hydrogen) atoms. The molecule has 0 saturated heterocycles. The third-order valence-electron chi connectivity index (χ3n) is 3.96. The maximum absolute atomic E-state index is 12.9. The fraction of sp³-hybridized carbons (Fsp3) is 0.278. The Labute approximate surface area is 152 Å². The number of sulfonamides is 1. The summed E-state index contributed by atoms with van der Waals surface area (Å²) in [4.78, 5) is 14.5. The van der Waals surface area contributed by atoms with Gasteiger partial charge in [0.15, 0.2) is 5.60 Å². The molecule has 138 valence electrons. The predicted molar refractivity (Wildman–Crippen MR) is 99.1 cm³/mol. The van der Waals surface area contributed by atoms with E-state index >= 15 is 0 Å². The zero-order valence-corrected chi connectivity index (χ0v) is 15.5. The van der Waals surface area contributed by atoms with Crippen LogP contribution in [0.2, 0.25) is 0 Å². The summed E-state index contributed by atoms with van der Waals surface area (Å²) in [5, 5.41) is 9.20. The average molecular weight is 376 g/mol. The third-order valence-corrected chi connectivity index (χ3v) is 4.57. The minimum Gasteiger partial charge on any atom is -0.476 e. The van der Waals surface area contributed by atoms with Crippen LogP contribution in [-0.2, 0) is 21.4 Å². The molecule has 0 radical (unpaired) electrons. The summed E-state index contributed by atoms with van der Waals surface area (Å²) >= 11 is 0. The lowest BCUT2D eigenvalue weighted by molar-refractivity contribution is -0.131. The Morgan fingerprint density at radius 1 is 1.15 bits per heavy atom. The molecule has 1 heterocycles. The lowest BCUT2D eigenvalue weighted by Crippen LogP contribution is -2.50. The number of aliphatic hydroxyl groups excluding tert-OH is 1. The first-order valence-electron chi connectivity index (χ1n) is 7.96. The number of anilines is 3. The smallest absolute Gasteiger partial charge is 0.275 e. The summed E-state index contributed by atoms with van der Waals surface area (Å²) in [5.74, 6) is 0.153. The minimum absolute atomic E-state index is 0.0834. The van der Waals surface area contributed by atoms with Crippen LogP contribution in [0.4, 0.5) is 17.1 Å². The molecule has 0 aromatic heterocycles. The molecule has 1 aliphatic heterocycles. The number of hydrogen-bond donors (Lipinski definition) is 2. The third kappa shape index (κ3) is 3.51. The molecular weight excluding hydrogens is 356 g/mol. The summed E-state index contributed by atoms with van der Waals surface area (Å²) < 4.78 is 31.1. The Bertz CT molecular complexity index is 952. The standard InChI is InChI=1S/C18H20N2O5S/c1-18(2)17(22)20(14-7-4-12(11-21)5-8-14)15-9-6-13(10-16(15)25-18)19-26(3,23)24/h4-10,19,21H,11H2,1-3H3. The molecule has 1 amide bonds. The number of rotatable bonds is 4. The van der Waals surface area contributed by atoms with E-state index < -0.39 is 15.6 Å². The van der Waals surface area contributed by atoms with Crippen LogP contribution < -0.4 is 14.4 Å². The number of aliphatic hydroxyl groups is 1. The minimum atomic E-state index is -3.43. The first kappa shape index (κ1) is 18.2. The van der Waals surface area contributed by atoms with Crippen molar-refractivity contribution >= 4 is 33.0 Å². The van der Waals surface area contributed by atoms with Gasteiger partial charge in [-0.1, -0.05) is 12.1 Å². The Hall–Kier alpha value is -2.58. The SMILES string of the molecule is CC1(C)Oc2cc(NS(C)(=O)=O)ccc2N(c2ccc(CO)cc2)C1=O. The molecule has 1 aliphatic rings. The van der Waals surface area contributed by atoms with Crippen molar-refractivity contribution in [3.05, 3.63) is 48.0 Å². The van der Waals surface area contributed by atoms with Crippen molar-refractivity contribution in [2.45, 2.75) is 26.1 Å². The van der Waals surface area contributed by atoms with Crippen LogP contribution in [0.5, 0.6) is 5.75 Å². The molecule has 8 heteroatoms. The molecule has 2 N–H and O–H groups in total. The van der Waals surface area contributed by atoms with Crippen molar-refractivity contribution in [3.8, 4) is 5.75 Å². The second-order valence-corrected chi connectivity index (χ2v) is 8.38. The molecule has 0 fully saturated rings. The van der Waals surface area contributed by atoms with Gasteiger partial charge in [0.25, 0.3) is 5.91 Å². The monoisotopic (exact) mass is 376 g/mol. The number of benzene rings is 2. The van der Waals surface area contributed by atoms with Crippen LogP contribution in [0.15, 0.2) is 42.5 Å². The maximum atomic E-state index is 12.9. The van der Waals surface area contributed by atoms with Gasteiger partial charge in [-0.3, -0.25) is 14.4 Å². The second kappa shape index (κ2) is 6.30. The summed E-state index contributed by atoms with van der Waals surface area (Å²) in [6.45, 7) is 3.23. The molecular formula is C18H20N2O5S. The fourth-order valence-electron chi connectivity index (χ4n) is 2.76. The van der Waals surface area contributed by atoms with Crippen LogP contribution in [0.1, 0.15) is 19.4 Å². The van der Waals surface area contributed by atoms with Gasteiger partial charge in [-0.05, 0) is 43.7 Å². The molecule has 3 rings (SSSR count). The Balaban J connectivity index is 2.09. The van der Waals surface area contributed by atoms with Gasteiger partial charge in [-0.2, -0.15) is 0 Å². The zero-order chi connectivity index (χ0) is 19.1. The number of nitrogens with one attached hydrogen (secondary N) is 1. The van der Waals surface area contributed by atoms with Crippen molar-refractivity contribution in [3.63, 3.8) is 0 Å². The predicted octanol–water partition coefficient (Wildman–Crippen LogP) is 2.39. The van der Waals surface area contributed by atoms with E-state index in [1.54, 1.807) is 56.3 Å². The quantitative estimate of drug-likeness (QED) is 0.854. The van der Waals surface area contributed by atoms with Crippen LogP contribution >= 0.6 is 0 Å². The molecule has 0 spiro atoms. The highest BCUT2D eigenvalue weighted by Crippen LogP contribution is 2.43. The summed E-state index contributed by atoms with van der Waals surface area (Å²) in [6.07, 6.45) is 1.07. The summed E-state index contributed by atoms with van der Waals surface area (Å²) in [7, 11) is -3.43. The first-order valence-corrected chi connectivity index (χ1v) is 9.85. The normalized spacial score (nSPS) is 16.0. The molecule has 0 aliphatic carbocycles. The second-order valence-electron chi connectivity index (χ2n) is 6.63. The number of ether oxygens (including phenoxy) is 1. The fourth-order valence-corrected chi connectivity index (χ4v) is 3.32. The first-order chi connectivity index (χ1) is 12.1. The lowest BCUT2D eigenvalue weighted by atomic mass is 10.0. The van der Waals surface area contributed by atoms with E-state index in [9.17, 15) is 18.3 Å². The molecule has 0 bridgehead atoms. The molecule has 0 saturated carbocycles. The Kier molecular flexibility index (Phi) is 4.41. The summed E-state index contributed by atoms with van der Waals surface area (Å²) in [5.41, 5.74) is 1.12. The van der Waals surface area contributed by atoms with E-state index in [1.807, 2.05) is 0 Å². The van der Waals surface area contributed by atoms with Crippen LogP contribution in [-0.4, -0.2) is 31.3 Å². The van der Waals surface area contributed by atoms with Gasteiger partial charge in [-0.15, -0.1) is 0 Å². The van der Waals surface area contributed by atoms with Crippen LogP contribution in [0.3, 0.4) is 0 Å². The molecule has 0 atom stereocenters. The number of amides is 1. The van der Waals surface area contributed by atoms with E-state index in [2.05, 4.69) is 4.72 Å². The van der Waals surface area contributed by atoms with Gasteiger partial charge >= 0.3 is 0 Å². The number of carbonyl (C=O) groups excluding carboxylic acids is 1. The van der Waals surface area contributed by atoms with Gasteiger partial charge in [0, 0.05) is 11.8 Å². The van der Waals surface area contributed by atoms with Crippen molar-refractivity contribution in [2.24, 2.45) is 0 Å². The van der Waals surface area contributed by atoms with Crippen molar-refractivity contribution in [2.75, 3.05) is 15.9 Å². The number of carbonyl (C=O) groups is 1. The largest absolute Gasteiger partial charge is 0.476 e. The van der Waals surface area contributed by atoms with E-state index in [-0.39, 0.29) is 12.5 Å². The lowest BCUT2D eigenvalue weighted by Gasteiger charge is -2.39. The van der Waals surface area contributed by atoms with Gasteiger partial charge in [0.1, 0.15) is 5.75 Å². The van der Waals surface area contributed by atoms with E-state index in [1.165, 1.54) is 4.90 Å². The molecule has 2 aromatic rings. The topological polar surface area (TPSA) is 95.9 Å². The average Bonchev–Trinajstić information content (AvgIpc) is 2.55. The van der Waals surface area contributed by atoms with E-state index in [0.717, 1.165) is 11.8 Å². The Morgan fingerprint density at radius 2 is 1.81 bits per heavy atom. The number of nitrogens with zero attached hydrogens (tertiary/aromatic N) is 1. The zero-order valence-electron chi connectivity index (χ0n) is 14.7. The maximum Gasteiger partial charge on any atom is 0.275 e. The van der Waals surface area contributed by atoms with Crippen molar-refractivity contribution < 1.29 is 23.1 Å². The van der Waals surface area contributed by atoms with Crippen molar-refractivity contribution in [1.82, 2.24) is 0 Å². The van der Waals surface area contributed by atoms with Gasteiger partial charge < -0.3 is 9.84 Å². The van der Waals surface area contributed by atoms with Gasteiger partial charge in [0.05, 0.1) is 24.2 Å². The highest BCUT2D eigenvalue weighted by molar-refractivity contribution is 7.92. The Morgan fingerprint density at radius 3 is 2.38 bits per heavy atom. The summed E-state index contributed by atoms with van der Waals surface area (Å²) in [6, 6.07) is 11.7. The highest BCUT2D eigenvalue weighted by Gasteiger charge is 2.41.